The van der Waals surface area contributed by atoms with E-state index in [-0.39, 0.29) is 12.0 Å². The third kappa shape index (κ3) is 5.16. The lowest BCUT2D eigenvalue weighted by Gasteiger charge is -2.30. The van der Waals surface area contributed by atoms with Gasteiger partial charge in [-0.25, -0.2) is 0 Å². The first-order valence-electron chi connectivity index (χ1n) is 9.40. The van der Waals surface area contributed by atoms with E-state index in [1.54, 1.807) is 0 Å². The average Bonchev–Trinajstić information content (AvgIpc) is 2.65. The van der Waals surface area contributed by atoms with Crippen LogP contribution in [0.15, 0.2) is 48.5 Å². The minimum absolute atomic E-state index is 0.0511. The van der Waals surface area contributed by atoms with Crippen LogP contribution in [0.25, 0.3) is 0 Å². The van der Waals surface area contributed by atoms with E-state index in [4.69, 9.17) is 0 Å². The Morgan fingerprint density at radius 1 is 1.04 bits per heavy atom. The van der Waals surface area contributed by atoms with Gasteiger partial charge < -0.3 is 10.4 Å². The van der Waals surface area contributed by atoms with Gasteiger partial charge in [0.1, 0.15) is 0 Å². The SMILES string of the molecule is Cc1ccccc1CC(=O)NCc1ccccc1CN1CCC(O)CC1. The summed E-state index contributed by atoms with van der Waals surface area (Å²) in [6.45, 7) is 5.31. The molecule has 1 fully saturated rings. The number of nitrogens with one attached hydrogen (secondary N) is 1. The van der Waals surface area contributed by atoms with E-state index in [1.807, 2.05) is 43.3 Å². The first-order valence-corrected chi connectivity index (χ1v) is 9.40. The summed E-state index contributed by atoms with van der Waals surface area (Å²) in [5.74, 6) is 0.0511. The minimum atomic E-state index is -0.151. The molecule has 1 aliphatic heterocycles. The van der Waals surface area contributed by atoms with Gasteiger partial charge in [0.2, 0.25) is 5.91 Å². The Labute approximate surface area is 155 Å². The highest BCUT2D eigenvalue weighted by Gasteiger charge is 2.18. The summed E-state index contributed by atoms with van der Waals surface area (Å²) in [7, 11) is 0. The number of hydrogen-bond acceptors (Lipinski definition) is 3. The van der Waals surface area contributed by atoms with Crippen LogP contribution in [0.5, 0.6) is 0 Å². The fourth-order valence-corrected chi connectivity index (χ4v) is 3.44. The highest BCUT2D eigenvalue weighted by Crippen LogP contribution is 2.16. The lowest BCUT2D eigenvalue weighted by molar-refractivity contribution is -0.120. The molecule has 0 spiro atoms. The zero-order chi connectivity index (χ0) is 18.4. The van der Waals surface area contributed by atoms with Crippen molar-refractivity contribution in [2.24, 2.45) is 0 Å². The van der Waals surface area contributed by atoms with Crippen molar-refractivity contribution in [2.75, 3.05) is 13.1 Å². The average molecular weight is 352 g/mol. The molecule has 3 rings (SSSR count). The highest BCUT2D eigenvalue weighted by molar-refractivity contribution is 5.78. The fourth-order valence-electron chi connectivity index (χ4n) is 3.44. The molecule has 0 aromatic heterocycles. The first kappa shape index (κ1) is 18.6. The number of aliphatic hydroxyl groups excluding tert-OH is 1. The Kier molecular flexibility index (Phi) is 6.42. The topological polar surface area (TPSA) is 52.6 Å². The molecule has 0 unspecified atom stereocenters. The summed E-state index contributed by atoms with van der Waals surface area (Å²) in [5.41, 5.74) is 4.64. The number of amides is 1. The van der Waals surface area contributed by atoms with Gasteiger partial charge in [-0.1, -0.05) is 48.5 Å². The number of benzene rings is 2. The zero-order valence-corrected chi connectivity index (χ0v) is 15.4. The van der Waals surface area contributed by atoms with Crippen molar-refractivity contribution >= 4 is 5.91 Å². The van der Waals surface area contributed by atoms with Crippen molar-refractivity contribution < 1.29 is 9.90 Å². The van der Waals surface area contributed by atoms with Gasteiger partial charge in [0.05, 0.1) is 12.5 Å². The Hall–Kier alpha value is -2.17. The van der Waals surface area contributed by atoms with E-state index in [2.05, 4.69) is 22.3 Å². The van der Waals surface area contributed by atoms with E-state index in [9.17, 15) is 9.90 Å². The monoisotopic (exact) mass is 352 g/mol. The quantitative estimate of drug-likeness (QED) is 0.841. The molecular formula is C22H28N2O2. The van der Waals surface area contributed by atoms with Gasteiger partial charge in [-0.15, -0.1) is 0 Å². The predicted molar refractivity (Wildman–Crippen MR) is 104 cm³/mol. The van der Waals surface area contributed by atoms with Crippen LogP contribution in [-0.2, 0) is 24.3 Å². The highest BCUT2D eigenvalue weighted by atomic mass is 16.3. The molecule has 0 bridgehead atoms. The van der Waals surface area contributed by atoms with Gasteiger partial charge in [0, 0.05) is 26.2 Å². The molecule has 0 saturated carbocycles. The summed E-state index contributed by atoms with van der Waals surface area (Å²) in [6.07, 6.45) is 1.95. The van der Waals surface area contributed by atoms with Crippen molar-refractivity contribution in [2.45, 2.75) is 45.4 Å². The predicted octanol–water partition coefficient (Wildman–Crippen LogP) is 2.81. The van der Waals surface area contributed by atoms with Crippen molar-refractivity contribution in [3.05, 3.63) is 70.8 Å². The van der Waals surface area contributed by atoms with E-state index in [0.29, 0.717) is 13.0 Å². The standard InChI is InChI=1S/C22H28N2O2/c1-17-6-2-3-7-18(17)14-22(26)23-15-19-8-4-5-9-20(19)16-24-12-10-21(25)11-13-24/h2-9,21,25H,10-16H2,1H3,(H,23,26). The number of rotatable bonds is 6. The van der Waals surface area contributed by atoms with Crippen LogP contribution in [0.3, 0.4) is 0 Å². The van der Waals surface area contributed by atoms with Crippen molar-refractivity contribution in [3.8, 4) is 0 Å². The maximum absolute atomic E-state index is 12.3. The van der Waals surface area contributed by atoms with Crippen LogP contribution in [0, 0.1) is 6.92 Å². The third-order valence-corrected chi connectivity index (χ3v) is 5.16. The third-order valence-electron chi connectivity index (χ3n) is 5.16. The molecular weight excluding hydrogens is 324 g/mol. The zero-order valence-electron chi connectivity index (χ0n) is 15.4. The van der Waals surface area contributed by atoms with E-state index < -0.39 is 0 Å². The van der Waals surface area contributed by atoms with Crippen LogP contribution >= 0.6 is 0 Å². The van der Waals surface area contributed by atoms with Crippen molar-refractivity contribution in [1.29, 1.82) is 0 Å². The van der Waals surface area contributed by atoms with Gasteiger partial charge >= 0.3 is 0 Å². The van der Waals surface area contributed by atoms with Gasteiger partial charge in [-0.3, -0.25) is 9.69 Å². The second-order valence-corrected chi connectivity index (χ2v) is 7.16. The lowest BCUT2D eigenvalue weighted by Crippen LogP contribution is -2.35. The number of nitrogens with zero attached hydrogens (tertiary/aromatic N) is 1. The molecule has 4 heteroatoms. The summed E-state index contributed by atoms with van der Waals surface area (Å²) in [6, 6.07) is 16.3. The van der Waals surface area contributed by atoms with E-state index in [1.165, 1.54) is 5.56 Å². The Balaban J connectivity index is 1.56. The molecule has 2 N–H and O–H groups in total. The summed E-state index contributed by atoms with van der Waals surface area (Å²) in [4.78, 5) is 14.7. The van der Waals surface area contributed by atoms with Gasteiger partial charge in [0.25, 0.3) is 0 Å². The molecule has 1 aliphatic rings. The van der Waals surface area contributed by atoms with Crippen LogP contribution in [0.2, 0.25) is 0 Å². The Morgan fingerprint density at radius 3 is 2.35 bits per heavy atom. The number of carbonyl (C=O) groups is 1. The van der Waals surface area contributed by atoms with E-state index in [0.717, 1.165) is 49.2 Å². The molecule has 0 atom stereocenters. The molecule has 1 saturated heterocycles. The van der Waals surface area contributed by atoms with Crippen molar-refractivity contribution in [1.82, 2.24) is 10.2 Å². The first-order chi connectivity index (χ1) is 12.6. The maximum atomic E-state index is 12.3. The molecule has 1 heterocycles. The molecule has 26 heavy (non-hydrogen) atoms. The molecule has 0 radical (unpaired) electrons. The largest absolute Gasteiger partial charge is 0.393 e. The van der Waals surface area contributed by atoms with Gasteiger partial charge in [-0.2, -0.15) is 0 Å². The second-order valence-electron chi connectivity index (χ2n) is 7.16. The summed E-state index contributed by atoms with van der Waals surface area (Å²) < 4.78 is 0. The second kappa shape index (κ2) is 8.97. The summed E-state index contributed by atoms with van der Waals surface area (Å²) >= 11 is 0. The number of aryl methyl sites for hydroxylation is 1. The number of likely N-dealkylation sites (tertiary alicyclic amines) is 1. The fraction of sp³-hybridized carbons (Fsp3) is 0.409. The minimum Gasteiger partial charge on any atom is -0.393 e. The van der Waals surface area contributed by atoms with Crippen molar-refractivity contribution in [3.63, 3.8) is 0 Å². The van der Waals surface area contributed by atoms with Gasteiger partial charge in [-0.05, 0) is 42.0 Å². The van der Waals surface area contributed by atoms with Crippen LogP contribution in [-0.4, -0.2) is 35.1 Å². The van der Waals surface area contributed by atoms with Crippen LogP contribution < -0.4 is 5.32 Å². The normalized spacial score (nSPS) is 15.8. The molecule has 138 valence electrons. The number of hydrogen-bond donors (Lipinski definition) is 2. The number of aliphatic hydroxyl groups is 1. The lowest BCUT2D eigenvalue weighted by atomic mass is 10.0. The van der Waals surface area contributed by atoms with Crippen LogP contribution in [0.4, 0.5) is 0 Å². The molecule has 2 aromatic carbocycles. The van der Waals surface area contributed by atoms with Gasteiger partial charge in [0.15, 0.2) is 0 Å². The van der Waals surface area contributed by atoms with E-state index >= 15 is 0 Å². The summed E-state index contributed by atoms with van der Waals surface area (Å²) in [5, 5.41) is 12.7. The Morgan fingerprint density at radius 2 is 1.65 bits per heavy atom. The maximum Gasteiger partial charge on any atom is 0.224 e. The molecule has 1 amide bonds. The van der Waals surface area contributed by atoms with Crippen LogP contribution in [0.1, 0.15) is 35.1 Å². The Bertz CT molecular complexity index is 736. The number of carbonyl (C=O) groups excluding carboxylic acids is 1. The smallest absolute Gasteiger partial charge is 0.224 e. The molecule has 4 nitrogen and oxygen atoms in total. The molecule has 0 aliphatic carbocycles. The number of piperidine rings is 1. The molecule has 2 aromatic rings.